The van der Waals surface area contributed by atoms with Crippen molar-refractivity contribution in [2.24, 2.45) is 0 Å². The maximum absolute atomic E-state index is 14.0. The highest BCUT2D eigenvalue weighted by atomic mass is 19.1. The molecular formula is C24H26F2N2O3. The van der Waals surface area contributed by atoms with Crippen LogP contribution in [0.15, 0.2) is 45.4 Å². The van der Waals surface area contributed by atoms with Crippen LogP contribution in [-0.2, 0) is 17.6 Å². The Balaban J connectivity index is 1.44. The highest BCUT2D eigenvalue weighted by Gasteiger charge is 2.29. The molecule has 1 aliphatic rings. The van der Waals surface area contributed by atoms with Crippen molar-refractivity contribution in [1.82, 2.24) is 9.88 Å². The van der Waals surface area contributed by atoms with E-state index in [-0.39, 0.29) is 29.7 Å². The number of aromatic nitrogens is 1. The number of carbonyl (C=O) groups excluding carboxylic acids is 1. The maximum Gasteiger partial charge on any atom is 0.223 e. The van der Waals surface area contributed by atoms with Crippen LogP contribution < -0.4 is 0 Å². The first-order valence-corrected chi connectivity index (χ1v) is 10.8. The van der Waals surface area contributed by atoms with Gasteiger partial charge in [-0.3, -0.25) is 4.79 Å². The van der Waals surface area contributed by atoms with E-state index in [9.17, 15) is 13.6 Å². The van der Waals surface area contributed by atoms with Crippen LogP contribution in [0.1, 0.15) is 62.5 Å². The third-order valence-corrected chi connectivity index (χ3v) is 5.74. The lowest BCUT2D eigenvalue weighted by molar-refractivity contribution is -0.134. The first kappa shape index (κ1) is 21.3. The number of likely N-dealkylation sites (tertiary alicyclic amines) is 1. The summed E-state index contributed by atoms with van der Waals surface area (Å²) in [6.45, 7) is 2.74. The molecule has 5 nitrogen and oxygen atoms in total. The van der Waals surface area contributed by atoms with Crippen molar-refractivity contribution in [3.05, 3.63) is 65.6 Å². The number of amides is 1. The van der Waals surface area contributed by atoms with E-state index in [0.717, 1.165) is 49.7 Å². The zero-order valence-electron chi connectivity index (χ0n) is 17.6. The molecule has 1 amide bonds. The van der Waals surface area contributed by atoms with E-state index in [1.165, 1.54) is 18.3 Å². The number of furan rings is 1. The molecule has 2 aromatic heterocycles. The molecular weight excluding hydrogens is 402 g/mol. The molecule has 1 saturated heterocycles. The Bertz CT molecular complexity index is 1040. The van der Waals surface area contributed by atoms with Gasteiger partial charge >= 0.3 is 0 Å². The van der Waals surface area contributed by atoms with Crippen LogP contribution in [0.5, 0.6) is 0 Å². The number of hydrogen-bond donors (Lipinski definition) is 0. The SMILES string of the molecule is CCc1ccc(C2CCCCCN2C(=O)CCc2ncc(-c3ccc(F)cc3F)o2)o1. The molecule has 1 atom stereocenters. The second kappa shape index (κ2) is 9.45. The van der Waals surface area contributed by atoms with E-state index < -0.39 is 11.6 Å². The monoisotopic (exact) mass is 428 g/mol. The maximum atomic E-state index is 14.0. The van der Waals surface area contributed by atoms with E-state index in [1.807, 2.05) is 24.0 Å². The van der Waals surface area contributed by atoms with Crippen LogP contribution in [-0.4, -0.2) is 22.3 Å². The van der Waals surface area contributed by atoms with Crippen LogP contribution >= 0.6 is 0 Å². The topological polar surface area (TPSA) is 59.5 Å². The molecule has 1 aromatic carbocycles. The van der Waals surface area contributed by atoms with Gasteiger partial charge in [0.25, 0.3) is 0 Å². The summed E-state index contributed by atoms with van der Waals surface area (Å²) in [6.07, 6.45) is 6.78. The number of rotatable bonds is 6. The van der Waals surface area contributed by atoms with E-state index in [1.54, 1.807) is 0 Å². The number of carbonyl (C=O) groups is 1. The van der Waals surface area contributed by atoms with Crippen molar-refractivity contribution in [2.45, 2.75) is 57.9 Å². The predicted molar refractivity (Wildman–Crippen MR) is 111 cm³/mol. The van der Waals surface area contributed by atoms with Crippen LogP contribution in [0.3, 0.4) is 0 Å². The molecule has 0 spiro atoms. The molecule has 0 bridgehead atoms. The fourth-order valence-corrected chi connectivity index (χ4v) is 4.06. The lowest BCUT2D eigenvalue weighted by Gasteiger charge is -2.28. The van der Waals surface area contributed by atoms with Gasteiger partial charge in [0.15, 0.2) is 11.7 Å². The molecule has 3 aromatic rings. The van der Waals surface area contributed by atoms with Crippen LogP contribution in [0.25, 0.3) is 11.3 Å². The quantitative estimate of drug-likeness (QED) is 0.494. The summed E-state index contributed by atoms with van der Waals surface area (Å²) in [4.78, 5) is 19.1. The largest absolute Gasteiger partial charge is 0.464 e. The van der Waals surface area contributed by atoms with Crippen LogP contribution in [0.4, 0.5) is 8.78 Å². The number of nitrogens with zero attached hydrogens (tertiary/aromatic N) is 2. The fraction of sp³-hybridized carbons (Fsp3) is 0.417. The van der Waals surface area contributed by atoms with Gasteiger partial charge in [0.05, 0.1) is 17.8 Å². The van der Waals surface area contributed by atoms with Crippen molar-refractivity contribution in [2.75, 3.05) is 6.54 Å². The lowest BCUT2D eigenvalue weighted by Crippen LogP contribution is -2.34. The Morgan fingerprint density at radius 3 is 2.81 bits per heavy atom. The lowest BCUT2D eigenvalue weighted by atomic mass is 10.1. The van der Waals surface area contributed by atoms with Gasteiger partial charge in [0, 0.05) is 31.9 Å². The molecule has 7 heteroatoms. The molecule has 31 heavy (non-hydrogen) atoms. The Labute approximate surface area is 180 Å². The zero-order valence-corrected chi connectivity index (χ0v) is 17.6. The van der Waals surface area contributed by atoms with Crippen LogP contribution in [0, 0.1) is 11.6 Å². The number of hydrogen-bond acceptors (Lipinski definition) is 4. The minimum atomic E-state index is -0.712. The smallest absolute Gasteiger partial charge is 0.223 e. The van der Waals surface area contributed by atoms with Gasteiger partial charge < -0.3 is 13.7 Å². The normalized spacial score (nSPS) is 17.0. The first-order valence-electron chi connectivity index (χ1n) is 10.8. The summed E-state index contributed by atoms with van der Waals surface area (Å²) in [5.74, 6) is 0.996. The number of halogens is 2. The van der Waals surface area contributed by atoms with Gasteiger partial charge in [-0.15, -0.1) is 0 Å². The second-order valence-electron chi connectivity index (χ2n) is 7.85. The Kier molecular flexibility index (Phi) is 6.49. The zero-order chi connectivity index (χ0) is 21.8. The average Bonchev–Trinajstić information content (AvgIpc) is 3.36. The predicted octanol–water partition coefficient (Wildman–Crippen LogP) is 5.85. The molecule has 1 unspecified atom stereocenters. The van der Waals surface area contributed by atoms with Gasteiger partial charge in [-0.25, -0.2) is 13.8 Å². The fourth-order valence-electron chi connectivity index (χ4n) is 4.06. The summed E-state index contributed by atoms with van der Waals surface area (Å²) in [7, 11) is 0. The van der Waals surface area contributed by atoms with Gasteiger partial charge in [-0.05, 0) is 37.1 Å². The van der Waals surface area contributed by atoms with Crippen molar-refractivity contribution in [3.8, 4) is 11.3 Å². The van der Waals surface area contributed by atoms with E-state index in [0.29, 0.717) is 18.9 Å². The Morgan fingerprint density at radius 2 is 2.03 bits per heavy atom. The molecule has 0 aliphatic carbocycles. The second-order valence-corrected chi connectivity index (χ2v) is 7.85. The Morgan fingerprint density at radius 1 is 1.16 bits per heavy atom. The average molecular weight is 428 g/mol. The molecule has 164 valence electrons. The molecule has 0 radical (unpaired) electrons. The number of oxazole rings is 1. The third-order valence-electron chi connectivity index (χ3n) is 5.74. The summed E-state index contributed by atoms with van der Waals surface area (Å²) in [5, 5.41) is 0. The van der Waals surface area contributed by atoms with Gasteiger partial charge in [0.1, 0.15) is 23.2 Å². The van der Waals surface area contributed by atoms with Gasteiger partial charge in [0.2, 0.25) is 5.91 Å². The van der Waals surface area contributed by atoms with Crippen molar-refractivity contribution in [1.29, 1.82) is 0 Å². The molecule has 4 rings (SSSR count). The minimum absolute atomic E-state index is 0.0223. The Hall–Kier alpha value is -2.96. The van der Waals surface area contributed by atoms with Crippen molar-refractivity contribution >= 4 is 5.91 Å². The number of aryl methyl sites for hydroxylation is 2. The summed E-state index contributed by atoms with van der Waals surface area (Å²) >= 11 is 0. The molecule has 1 aliphatic heterocycles. The minimum Gasteiger partial charge on any atom is -0.464 e. The molecule has 0 saturated carbocycles. The molecule has 0 N–H and O–H groups in total. The molecule has 1 fully saturated rings. The summed E-state index contributed by atoms with van der Waals surface area (Å²) < 4.78 is 38.7. The van der Waals surface area contributed by atoms with E-state index in [2.05, 4.69) is 4.98 Å². The van der Waals surface area contributed by atoms with E-state index in [4.69, 9.17) is 8.83 Å². The van der Waals surface area contributed by atoms with Gasteiger partial charge in [-0.2, -0.15) is 0 Å². The third kappa shape index (κ3) is 4.86. The molecule has 3 heterocycles. The highest BCUT2D eigenvalue weighted by Crippen LogP contribution is 2.32. The van der Waals surface area contributed by atoms with Crippen molar-refractivity contribution in [3.63, 3.8) is 0 Å². The van der Waals surface area contributed by atoms with Crippen molar-refractivity contribution < 1.29 is 22.4 Å². The van der Waals surface area contributed by atoms with Gasteiger partial charge in [-0.1, -0.05) is 19.8 Å². The number of benzene rings is 1. The van der Waals surface area contributed by atoms with E-state index >= 15 is 0 Å². The highest BCUT2D eigenvalue weighted by molar-refractivity contribution is 5.77. The first-order chi connectivity index (χ1) is 15.0. The summed E-state index contributed by atoms with van der Waals surface area (Å²) in [5.41, 5.74) is 0.142. The van der Waals surface area contributed by atoms with Crippen LogP contribution in [0.2, 0.25) is 0 Å². The standard InChI is InChI=1S/C24H26F2N2O3/c1-2-17-8-10-21(30-17)20-6-4-3-5-13-28(20)24(29)12-11-23-27-15-22(31-23)18-9-7-16(25)14-19(18)26/h7-10,14-15,20H,2-6,11-13H2,1H3. The summed E-state index contributed by atoms with van der Waals surface area (Å²) in [6, 6.07) is 7.19.